The van der Waals surface area contributed by atoms with E-state index in [1.54, 1.807) is 4.90 Å². The summed E-state index contributed by atoms with van der Waals surface area (Å²) in [6.45, 7) is 2.76. The third-order valence-electron chi connectivity index (χ3n) is 4.18. The maximum absolute atomic E-state index is 12.3. The Morgan fingerprint density at radius 2 is 2.09 bits per heavy atom. The zero-order chi connectivity index (χ0) is 16.8. The molecule has 1 aliphatic heterocycles. The lowest BCUT2D eigenvalue weighted by Gasteiger charge is -2.36. The number of piperidine rings is 1. The van der Waals surface area contributed by atoms with Crippen LogP contribution >= 0.6 is 15.9 Å². The molecule has 1 fully saturated rings. The molecule has 1 N–H and O–H groups in total. The fourth-order valence-corrected chi connectivity index (χ4v) is 3.17. The molecule has 2 rings (SSSR count). The average molecular weight is 384 g/mol. The Labute approximate surface area is 144 Å². The van der Waals surface area contributed by atoms with Gasteiger partial charge in [-0.2, -0.15) is 0 Å². The first-order chi connectivity index (χ1) is 11.0. The molecule has 1 aromatic rings. The lowest BCUT2D eigenvalue weighted by Crippen LogP contribution is -2.47. The molecule has 5 nitrogen and oxygen atoms in total. The second-order valence-corrected chi connectivity index (χ2v) is 6.74. The lowest BCUT2D eigenvalue weighted by atomic mass is 9.93. The molecule has 1 aromatic carbocycles. The minimum absolute atomic E-state index is 0.0131. The fraction of sp³-hybridized carbons (Fsp3) is 0.529. The number of halogens is 1. The minimum Gasteiger partial charge on any atom is -0.492 e. The summed E-state index contributed by atoms with van der Waals surface area (Å²) in [5, 5.41) is 9.13. The van der Waals surface area contributed by atoms with Gasteiger partial charge in [0.2, 0.25) is 5.91 Å². The van der Waals surface area contributed by atoms with E-state index in [4.69, 9.17) is 9.84 Å². The van der Waals surface area contributed by atoms with Crippen molar-refractivity contribution >= 4 is 27.8 Å². The third-order valence-corrected chi connectivity index (χ3v) is 4.84. The van der Waals surface area contributed by atoms with E-state index in [9.17, 15) is 9.59 Å². The number of aliphatic carboxylic acids is 1. The molecule has 0 spiro atoms. The molecule has 1 saturated heterocycles. The van der Waals surface area contributed by atoms with Gasteiger partial charge in [0.05, 0.1) is 17.0 Å². The molecule has 23 heavy (non-hydrogen) atoms. The van der Waals surface area contributed by atoms with Crippen LogP contribution in [0.4, 0.5) is 0 Å². The standard InChI is InChI=1S/C17H22BrNO4/c1-12-8-9-13(17(21)22)11-19(12)16(20)7-4-10-23-15-6-3-2-5-14(15)18/h2-3,5-6,12-13H,4,7-11H2,1H3,(H,21,22). The molecule has 1 aliphatic rings. The number of benzene rings is 1. The van der Waals surface area contributed by atoms with Crippen molar-refractivity contribution < 1.29 is 19.4 Å². The van der Waals surface area contributed by atoms with Gasteiger partial charge in [-0.05, 0) is 54.2 Å². The highest BCUT2D eigenvalue weighted by Crippen LogP contribution is 2.25. The van der Waals surface area contributed by atoms with Crippen LogP contribution in [0, 0.1) is 5.92 Å². The summed E-state index contributed by atoms with van der Waals surface area (Å²) >= 11 is 3.41. The highest BCUT2D eigenvalue weighted by atomic mass is 79.9. The molecule has 0 aliphatic carbocycles. The van der Waals surface area contributed by atoms with Gasteiger partial charge in [0.1, 0.15) is 5.75 Å². The van der Waals surface area contributed by atoms with E-state index in [2.05, 4.69) is 15.9 Å². The predicted octanol–water partition coefficient (Wildman–Crippen LogP) is 3.32. The number of carboxylic acid groups (broad SMARTS) is 1. The van der Waals surface area contributed by atoms with Crippen molar-refractivity contribution in [2.75, 3.05) is 13.2 Å². The van der Waals surface area contributed by atoms with Crippen LogP contribution in [0.5, 0.6) is 5.75 Å². The van der Waals surface area contributed by atoms with Crippen molar-refractivity contribution in [2.45, 2.75) is 38.6 Å². The molecule has 0 saturated carbocycles. The first-order valence-corrected chi connectivity index (χ1v) is 8.68. The molecule has 0 radical (unpaired) electrons. The SMILES string of the molecule is CC1CCC(C(=O)O)CN1C(=O)CCCOc1ccccc1Br. The topological polar surface area (TPSA) is 66.8 Å². The smallest absolute Gasteiger partial charge is 0.308 e. The molecular weight excluding hydrogens is 362 g/mol. The largest absolute Gasteiger partial charge is 0.492 e. The van der Waals surface area contributed by atoms with Crippen molar-refractivity contribution in [1.82, 2.24) is 4.90 Å². The monoisotopic (exact) mass is 383 g/mol. The summed E-state index contributed by atoms with van der Waals surface area (Å²) in [5.41, 5.74) is 0. The Bertz CT molecular complexity index is 563. The van der Waals surface area contributed by atoms with Crippen LogP contribution in [0.25, 0.3) is 0 Å². The van der Waals surface area contributed by atoms with Crippen LogP contribution in [0.1, 0.15) is 32.6 Å². The number of hydrogen-bond acceptors (Lipinski definition) is 3. The van der Waals surface area contributed by atoms with Crippen LogP contribution in [-0.4, -0.2) is 41.1 Å². The molecule has 1 heterocycles. The molecule has 6 heteroatoms. The number of amides is 1. The Balaban J connectivity index is 1.77. The molecule has 1 amide bonds. The third kappa shape index (κ3) is 4.96. The van der Waals surface area contributed by atoms with Gasteiger partial charge < -0.3 is 14.7 Å². The number of carboxylic acids is 1. The van der Waals surface area contributed by atoms with Crippen LogP contribution in [0.2, 0.25) is 0 Å². The Morgan fingerprint density at radius 3 is 2.78 bits per heavy atom. The summed E-state index contributed by atoms with van der Waals surface area (Å²) in [4.78, 5) is 25.1. The number of ether oxygens (including phenoxy) is 1. The first-order valence-electron chi connectivity index (χ1n) is 7.88. The zero-order valence-electron chi connectivity index (χ0n) is 13.2. The van der Waals surface area contributed by atoms with E-state index in [1.165, 1.54) is 0 Å². The number of hydrogen-bond donors (Lipinski definition) is 1. The van der Waals surface area contributed by atoms with E-state index >= 15 is 0 Å². The maximum atomic E-state index is 12.3. The Hall–Kier alpha value is -1.56. The highest BCUT2D eigenvalue weighted by Gasteiger charge is 2.32. The molecule has 0 aromatic heterocycles. The number of carbonyl (C=O) groups is 2. The van der Waals surface area contributed by atoms with Gasteiger partial charge in [-0.25, -0.2) is 0 Å². The molecule has 0 bridgehead atoms. The molecular formula is C17H22BrNO4. The van der Waals surface area contributed by atoms with Crippen molar-refractivity contribution in [3.8, 4) is 5.75 Å². The second-order valence-electron chi connectivity index (χ2n) is 5.89. The van der Waals surface area contributed by atoms with Crippen LogP contribution in [0.15, 0.2) is 28.7 Å². The molecule has 2 unspecified atom stereocenters. The summed E-state index contributed by atoms with van der Waals surface area (Å²) in [5.74, 6) is -0.477. The average Bonchev–Trinajstić information content (AvgIpc) is 2.53. The fourth-order valence-electron chi connectivity index (χ4n) is 2.77. The van der Waals surface area contributed by atoms with Crippen LogP contribution < -0.4 is 4.74 Å². The highest BCUT2D eigenvalue weighted by molar-refractivity contribution is 9.10. The van der Waals surface area contributed by atoms with E-state index in [0.717, 1.165) is 16.6 Å². The summed E-state index contributed by atoms with van der Waals surface area (Å²) in [6.07, 6.45) is 2.38. The number of carbonyl (C=O) groups excluding carboxylic acids is 1. The zero-order valence-corrected chi connectivity index (χ0v) is 14.8. The minimum atomic E-state index is -0.813. The number of nitrogens with zero attached hydrogens (tertiary/aromatic N) is 1. The van der Waals surface area contributed by atoms with Gasteiger partial charge in [-0.1, -0.05) is 12.1 Å². The summed E-state index contributed by atoms with van der Waals surface area (Å²) in [7, 11) is 0. The number of likely N-dealkylation sites (tertiary alicyclic amines) is 1. The van der Waals surface area contributed by atoms with Crippen molar-refractivity contribution in [3.63, 3.8) is 0 Å². The van der Waals surface area contributed by atoms with Gasteiger partial charge in [0.25, 0.3) is 0 Å². The van der Waals surface area contributed by atoms with Crippen LogP contribution in [-0.2, 0) is 9.59 Å². The van der Waals surface area contributed by atoms with Gasteiger partial charge in [0.15, 0.2) is 0 Å². The van der Waals surface area contributed by atoms with Gasteiger partial charge >= 0.3 is 5.97 Å². The van der Waals surface area contributed by atoms with E-state index < -0.39 is 11.9 Å². The summed E-state index contributed by atoms with van der Waals surface area (Å²) < 4.78 is 6.54. The quantitative estimate of drug-likeness (QED) is 0.765. The number of rotatable bonds is 6. The van der Waals surface area contributed by atoms with Crippen molar-refractivity contribution in [3.05, 3.63) is 28.7 Å². The van der Waals surface area contributed by atoms with Crippen LogP contribution in [0.3, 0.4) is 0 Å². The molecule has 126 valence electrons. The second kappa shape index (κ2) is 8.34. The van der Waals surface area contributed by atoms with Crippen molar-refractivity contribution in [2.24, 2.45) is 5.92 Å². The Kier molecular flexibility index (Phi) is 6.45. The van der Waals surface area contributed by atoms with Gasteiger partial charge in [-0.3, -0.25) is 9.59 Å². The predicted molar refractivity (Wildman–Crippen MR) is 90.4 cm³/mol. The van der Waals surface area contributed by atoms with E-state index in [1.807, 2.05) is 31.2 Å². The maximum Gasteiger partial charge on any atom is 0.308 e. The molecule has 2 atom stereocenters. The number of para-hydroxylation sites is 1. The lowest BCUT2D eigenvalue weighted by molar-refractivity contribution is -0.147. The normalized spacial score (nSPS) is 21.0. The van der Waals surface area contributed by atoms with Gasteiger partial charge in [0, 0.05) is 19.0 Å². The van der Waals surface area contributed by atoms with E-state index in [-0.39, 0.29) is 11.9 Å². The Morgan fingerprint density at radius 1 is 1.35 bits per heavy atom. The van der Waals surface area contributed by atoms with E-state index in [0.29, 0.717) is 32.4 Å². The van der Waals surface area contributed by atoms with Gasteiger partial charge in [-0.15, -0.1) is 0 Å². The summed E-state index contributed by atoms with van der Waals surface area (Å²) in [6, 6.07) is 7.70. The van der Waals surface area contributed by atoms with Crippen molar-refractivity contribution in [1.29, 1.82) is 0 Å². The first kappa shape index (κ1) is 17.8.